The van der Waals surface area contributed by atoms with Crippen molar-refractivity contribution >= 4 is 38.9 Å². The zero-order chi connectivity index (χ0) is 21.5. The first-order chi connectivity index (χ1) is 14.2. The predicted molar refractivity (Wildman–Crippen MR) is 117 cm³/mol. The molecule has 158 valence electrons. The zero-order valence-corrected chi connectivity index (χ0v) is 18.6. The van der Waals surface area contributed by atoms with Gasteiger partial charge in [0.2, 0.25) is 10.0 Å². The van der Waals surface area contributed by atoms with Crippen LogP contribution in [0.3, 0.4) is 0 Å². The van der Waals surface area contributed by atoms with Gasteiger partial charge in [-0.05, 0) is 36.8 Å². The van der Waals surface area contributed by atoms with Crippen molar-refractivity contribution < 1.29 is 8.42 Å². The van der Waals surface area contributed by atoms with Gasteiger partial charge in [-0.1, -0.05) is 29.3 Å². The largest absolute Gasteiger partial charge is 0.295 e. The second-order valence-corrected chi connectivity index (χ2v) is 10.0. The highest BCUT2D eigenvalue weighted by molar-refractivity contribution is 7.89. The Balaban J connectivity index is 1.47. The van der Waals surface area contributed by atoms with Crippen LogP contribution in [0.4, 0.5) is 0 Å². The number of aromatic nitrogens is 2. The molecule has 1 saturated heterocycles. The predicted octanol–water partition coefficient (Wildman–Crippen LogP) is 2.82. The van der Waals surface area contributed by atoms with E-state index in [0.29, 0.717) is 49.1 Å². The third-order valence-corrected chi connectivity index (χ3v) is 7.70. The maximum absolute atomic E-state index is 13.0. The van der Waals surface area contributed by atoms with Crippen molar-refractivity contribution in [2.24, 2.45) is 0 Å². The lowest BCUT2D eigenvalue weighted by Gasteiger charge is -2.33. The average molecular weight is 467 g/mol. The standard InChI is InChI=1S/C20H20Cl2N4O3S/c1-14-2-5-19-23-16(11-20(27)26(19)12-14)13-24-6-8-25(9-7-24)30(28,29)18-10-15(21)3-4-17(18)22/h2-5,10-12H,6-9,13H2,1H3. The van der Waals surface area contributed by atoms with E-state index in [1.807, 2.05) is 19.1 Å². The number of aryl methyl sites for hydroxylation is 1. The first-order valence-electron chi connectivity index (χ1n) is 9.40. The van der Waals surface area contributed by atoms with Gasteiger partial charge >= 0.3 is 0 Å². The van der Waals surface area contributed by atoms with Crippen molar-refractivity contribution in [2.75, 3.05) is 26.2 Å². The number of halogens is 2. The molecule has 0 saturated carbocycles. The summed E-state index contributed by atoms with van der Waals surface area (Å²) < 4.78 is 28.8. The van der Waals surface area contributed by atoms with Crippen molar-refractivity contribution in [3.05, 3.63) is 74.3 Å². The van der Waals surface area contributed by atoms with Crippen LogP contribution in [0.1, 0.15) is 11.3 Å². The molecule has 4 rings (SSSR count). The number of fused-ring (bicyclic) bond motifs is 1. The van der Waals surface area contributed by atoms with Crippen LogP contribution in [0.25, 0.3) is 5.65 Å². The van der Waals surface area contributed by atoms with Crippen molar-refractivity contribution in [3.63, 3.8) is 0 Å². The van der Waals surface area contributed by atoms with Crippen LogP contribution in [0.15, 0.2) is 52.3 Å². The Bertz CT molecular complexity index is 1270. The molecule has 0 radical (unpaired) electrons. The van der Waals surface area contributed by atoms with Gasteiger partial charge in [-0.3, -0.25) is 14.1 Å². The Morgan fingerprint density at radius 3 is 2.50 bits per heavy atom. The molecule has 3 heterocycles. The Labute approximate surface area is 184 Å². The molecule has 3 aromatic rings. The topological polar surface area (TPSA) is 75.0 Å². The Morgan fingerprint density at radius 2 is 1.77 bits per heavy atom. The molecule has 1 fully saturated rings. The van der Waals surface area contributed by atoms with Gasteiger partial charge in [0.05, 0.1) is 10.7 Å². The summed E-state index contributed by atoms with van der Waals surface area (Å²) in [5.74, 6) is 0. The summed E-state index contributed by atoms with van der Waals surface area (Å²) >= 11 is 12.0. The fourth-order valence-electron chi connectivity index (χ4n) is 3.51. The highest BCUT2D eigenvalue weighted by Crippen LogP contribution is 2.28. The van der Waals surface area contributed by atoms with Crippen LogP contribution < -0.4 is 5.56 Å². The molecule has 10 heteroatoms. The van der Waals surface area contributed by atoms with Gasteiger partial charge in [-0.2, -0.15) is 4.31 Å². The summed E-state index contributed by atoms with van der Waals surface area (Å²) in [6.07, 6.45) is 1.76. The molecule has 0 spiro atoms. The highest BCUT2D eigenvalue weighted by atomic mass is 35.5. The summed E-state index contributed by atoms with van der Waals surface area (Å²) in [6, 6.07) is 9.68. The maximum Gasteiger partial charge on any atom is 0.258 e. The second-order valence-electron chi connectivity index (χ2n) is 7.28. The first kappa shape index (κ1) is 21.3. The number of hydrogen-bond donors (Lipinski definition) is 0. The van der Waals surface area contributed by atoms with Crippen molar-refractivity contribution in [3.8, 4) is 0 Å². The van der Waals surface area contributed by atoms with E-state index in [4.69, 9.17) is 23.2 Å². The van der Waals surface area contributed by atoms with Gasteiger partial charge < -0.3 is 0 Å². The average Bonchev–Trinajstić information content (AvgIpc) is 2.71. The van der Waals surface area contributed by atoms with Crippen molar-refractivity contribution in [1.82, 2.24) is 18.6 Å². The molecule has 30 heavy (non-hydrogen) atoms. The summed E-state index contributed by atoms with van der Waals surface area (Å²) in [5, 5.41) is 0.471. The molecular formula is C20H20Cl2N4O3S. The molecule has 0 unspecified atom stereocenters. The van der Waals surface area contributed by atoms with Crippen LogP contribution in [-0.2, 0) is 16.6 Å². The normalized spacial score (nSPS) is 16.2. The van der Waals surface area contributed by atoms with E-state index in [9.17, 15) is 13.2 Å². The molecule has 0 amide bonds. The van der Waals surface area contributed by atoms with E-state index < -0.39 is 10.0 Å². The number of piperazine rings is 1. The quantitative estimate of drug-likeness (QED) is 0.590. The fourth-order valence-corrected chi connectivity index (χ4v) is 5.67. The van der Waals surface area contributed by atoms with E-state index in [-0.39, 0.29) is 15.5 Å². The Kier molecular flexibility index (Phi) is 5.87. The van der Waals surface area contributed by atoms with Crippen molar-refractivity contribution in [1.29, 1.82) is 0 Å². The lowest BCUT2D eigenvalue weighted by Crippen LogP contribution is -2.48. The monoisotopic (exact) mass is 466 g/mol. The first-order valence-corrected chi connectivity index (χ1v) is 11.6. The minimum atomic E-state index is -3.73. The Morgan fingerprint density at radius 1 is 1.03 bits per heavy atom. The number of nitrogens with zero attached hydrogens (tertiary/aromatic N) is 4. The fraction of sp³-hybridized carbons (Fsp3) is 0.300. The second kappa shape index (κ2) is 8.28. The smallest absolute Gasteiger partial charge is 0.258 e. The SMILES string of the molecule is Cc1ccc2nc(CN3CCN(S(=O)(=O)c4cc(Cl)ccc4Cl)CC3)cc(=O)n2c1. The summed E-state index contributed by atoms with van der Waals surface area (Å²) in [4.78, 5) is 19.1. The number of pyridine rings is 1. The van der Waals surface area contributed by atoms with Crippen LogP contribution in [0, 0.1) is 6.92 Å². The molecular weight excluding hydrogens is 447 g/mol. The minimum Gasteiger partial charge on any atom is -0.295 e. The molecule has 1 aromatic carbocycles. The zero-order valence-electron chi connectivity index (χ0n) is 16.3. The van der Waals surface area contributed by atoms with E-state index in [2.05, 4.69) is 9.88 Å². The highest BCUT2D eigenvalue weighted by Gasteiger charge is 2.30. The van der Waals surface area contributed by atoms with Crippen LogP contribution >= 0.6 is 23.2 Å². The van der Waals surface area contributed by atoms with Gasteiger partial charge in [0.15, 0.2) is 0 Å². The van der Waals surface area contributed by atoms with E-state index in [1.54, 1.807) is 12.3 Å². The van der Waals surface area contributed by atoms with Crippen molar-refractivity contribution in [2.45, 2.75) is 18.4 Å². The van der Waals surface area contributed by atoms with Gasteiger partial charge in [-0.25, -0.2) is 13.4 Å². The van der Waals surface area contributed by atoms with E-state index >= 15 is 0 Å². The van der Waals surface area contributed by atoms with Crippen LogP contribution in [0.2, 0.25) is 10.0 Å². The number of sulfonamides is 1. The number of hydrogen-bond acceptors (Lipinski definition) is 5. The van der Waals surface area contributed by atoms with Gasteiger partial charge in [0.1, 0.15) is 10.5 Å². The Hall–Kier alpha value is -1.97. The lowest BCUT2D eigenvalue weighted by molar-refractivity contribution is 0.180. The molecule has 0 N–H and O–H groups in total. The summed E-state index contributed by atoms with van der Waals surface area (Å²) in [6.45, 7) is 4.07. The summed E-state index contributed by atoms with van der Waals surface area (Å²) in [5.41, 5.74) is 2.12. The van der Waals surface area contributed by atoms with Gasteiger partial charge in [-0.15, -0.1) is 0 Å². The molecule has 0 aliphatic carbocycles. The van der Waals surface area contributed by atoms with E-state index in [0.717, 1.165) is 5.56 Å². The molecule has 0 bridgehead atoms. The van der Waals surface area contributed by atoms with E-state index in [1.165, 1.54) is 26.9 Å². The third-order valence-electron chi connectivity index (χ3n) is 5.09. The summed E-state index contributed by atoms with van der Waals surface area (Å²) in [7, 11) is -3.73. The maximum atomic E-state index is 13.0. The molecule has 1 aliphatic heterocycles. The number of rotatable bonds is 4. The third kappa shape index (κ3) is 4.24. The molecule has 1 aliphatic rings. The molecule has 7 nitrogen and oxygen atoms in total. The lowest BCUT2D eigenvalue weighted by atomic mass is 10.3. The van der Waals surface area contributed by atoms with Gasteiger partial charge in [0, 0.05) is 50.0 Å². The van der Waals surface area contributed by atoms with Crippen LogP contribution in [-0.4, -0.2) is 53.2 Å². The minimum absolute atomic E-state index is 0.0182. The molecule has 2 aromatic heterocycles. The van der Waals surface area contributed by atoms with Crippen LogP contribution in [0.5, 0.6) is 0 Å². The number of benzene rings is 1. The molecule has 0 atom stereocenters. The van der Waals surface area contributed by atoms with Gasteiger partial charge in [0.25, 0.3) is 5.56 Å².